The molecule has 0 fully saturated rings. The molecule has 0 aromatic heterocycles. The van der Waals surface area contributed by atoms with Gasteiger partial charge in [0.25, 0.3) is 0 Å². The first-order valence-corrected chi connectivity index (χ1v) is 4.98. The van der Waals surface area contributed by atoms with E-state index in [-0.39, 0.29) is 12.4 Å². The van der Waals surface area contributed by atoms with Gasteiger partial charge in [0.15, 0.2) is 0 Å². The number of carbonyl (C=O) groups excluding carboxylic acids is 1. The summed E-state index contributed by atoms with van der Waals surface area (Å²) < 4.78 is 13.8. The molecule has 0 heterocycles. The smallest absolute Gasteiger partial charge is 0.211 e. The Kier molecular flexibility index (Phi) is 3.98. The van der Waals surface area contributed by atoms with Gasteiger partial charge in [-0.2, -0.15) is 0 Å². The minimum absolute atomic E-state index is 0.244. The van der Waals surface area contributed by atoms with Gasteiger partial charge < -0.3 is 0 Å². The number of benzene rings is 1. The molecule has 1 aromatic carbocycles. The molecular weight excluding hydrogens is 249 g/mol. The molecule has 0 aliphatic heterocycles. The van der Waals surface area contributed by atoms with Gasteiger partial charge in [-0.15, -0.1) is 0 Å². The Morgan fingerprint density at radius 2 is 2.29 bits per heavy atom. The van der Waals surface area contributed by atoms with Gasteiger partial charge in [0.05, 0.1) is 11.0 Å². The molecule has 1 aromatic rings. The van der Waals surface area contributed by atoms with Crippen molar-refractivity contribution in [3.63, 3.8) is 0 Å². The summed E-state index contributed by atoms with van der Waals surface area (Å²) in [6.45, 7) is 2.12. The van der Waals surface area contributed by atoms with Crippen LogP contribution in [0.25, 0.3) is 0 Å². The number of aryl methyl sites for hydroxylation is 1. The van der Waals surface area contributed by atoms with Gasteiger partial charge in [-0.05, 0) is 39.5 Å². The van der Waals surface area contributed by atoms with E-state index >= 15 is 0 Å². The molecule has 0 radical (unpaired) electrons. The maximum absolute atomic E-state index is 13.3. The Bertz CT molecular complexity index is 386. The SMILES string of the molecule is CCc1cc(CN=C=O)cc(Br)c1F. The fraction of sp³-hybridized carbons (Fsp3) is 0.300. The van der Waals surface area contributed by atoms with Crippen LogP contribution in [0.3, 0.4) is 0 Å². The van der Waals surface area contributed by atoms with E-state index in [1.807, 2.05) is 6.92 Å². The summed E-state index contributed by atoms with van der Waals surface area (Å²) in [5.41, 5.74) is 1.42. The Hall–Kier alpha value is -0.990. The van der Waals surface area contributed by atoms with Gasteiger partial charge in [0.2, 0.25) is 6.08 Å². The van der Waals surface area contributed by atoms with Crippen LogP contribution in [0, 0.1) is 5.82 Å². The van der Waals surface area contributed by atoms with Gasteiger partial charge in [0.1, 0.15) is 5.82 Å². The zero-order valence-corrected chi connectivity index (χ0v) is 9.27. The third-order valence-corrected chi connectivity index (χ3v) is 2.45. The zero-order chi connectivity index (χ0) is 10.6. The van der Waals surface area contributed by atoms with Crippen molar-refractivity contribution >= 4 is 22.0 Å². The normalized spacial score (nSPS) is 9.64. The lowest BCUT2D eigenvalue weighted by molar-refractivity contribution is 0.562. The Morgan fingerprint density at radius 3 is 2.86 bits per heavy atom. The van der Waals surface area contributed by atoms with Gasteiger partial charge in [-0.25, -0.2) is 14.2 Å². The van der Waals surface area contributed by atoms with E-state index in [4.69, 9.17) is 0 Å². The highest BCUT2D eigenvalue weighted by Gasteiger charge is 2.06. The van der Waals surface area contributed by atoms with Gasteiger partial charge in [-0.1, -0.05) is 13.0 Å². The second kappa shape index (κ2) is 5.03. The molecule has 0 saturated carbocycles. The molecule has 0 bridgehead atoms. The number of halogens is 2. The van der Waals surface area contributed by atoms with E-state index in [1.165, 1.54) is 6.08 Å². The summed E-state index contributed by atoms with van der Waals surface area (Å²) in [4.78, 5) is 13.3. The number of hydrogen-bond donors (Lipinski definition) is 0. The quantitative estimate of drug-likeness (QED) is 0.605. The fourth-order valence-corrected chi connectivity index (χ4v) is 1.73. The Morgan fingerprint density at radius 1 is 1.57 bits per heavy atom. The van der Waals surface area contributed by atoms with E-state index in [0.29, 0.717) is 16.5 Å². The highest BCUT2D eigenvalue weighted by atomic mass is 79.9. The van der Waals surface area contributed by atoms with Gasteiger partial charge >= 0.3 is 0 Å². The summed E-state index contributed by atoms with van der Waals surface area (Å²) in [7, 11) is 0. The average Bonchev–Trinajstić information content (AvgIpc) is 2.19. The Balaban J connectivity index is 3.09. The average molecular weight is 258 g/mol. The van der Waals surface area contributed by atoms with Crippen LogP contribution in [-0.2, 0) is 17.8 Å². The molecular formula is C10H9BrFNO. The van der Waals surface area contributed by atoms with Crippen molar-refractivity contribution in [2.75, 3.05) is 0 Å². The number of nitrogens with zero attached hydrogens (tertiary/aromatic N) is 1. The number of aliphatic imine (C=N–C) groups is 1. The Labute approximate surface area is 90.0 Å². The third-order valence-electron chi connectivity index (χ3n) is 1.87. The van der Waals surface area contributed by atoms with Crippen molar-refractivity contribution in [2.45, 2.75) is 19.9 Å². The topological polar surface area (TPSA) is 29.4 Å². The molecule has 0 aliphatic carbocycles. The first-order chi connectivity index (χ1) is 6.69. The third kappa shape index (κ3) is 2.50. The van der Waals surface area contributed by atoms with Crippen molar-refractivity contribution in [1.82, 2.24) is 0 Å². The van der Waals surface area contributed by atoms with Crippen LogP contribution < -0.4 is 0 Å². The predicted molar refractivity (Wildman–Crippen MR) is 55.3 cm³/mol. The van der Waals surface area contributed by atoms with E-state index in [0.717, 1.165) is 5.56 Å². The molecule has 74 valence electrons. The molecule has 0 saturated heterocycles. The molecule has 0 N–H and O–H groups in total. The standard InChI is InChI=1S/C10H9BrFNO/c1-2-8-3-7(5-13-6-14)4-9(11)10(8)12/h3-4H,2,5H2,1H3. The van der Waals surface area contributed by atoms with Crippen molar-refractivity contribution in [3.8, 4) is 0 Å². The molecule has 0 spiro atoms. The molecule has 14 heavy (non-hydrogen) atoms. The van der Waals surface area contributed by atoms with Crippen LogP contribution in [0.1, 0.15) is 18.1 Å². The first kappa shape index (κ1) is 11.1. The maximum atomic E-state index is 13.3. The number of isocyanates is 1. The lowest BCUT2D eigenvalue weighted by atomic mass is 10.1. The molecule has 0 unspecified atom stereocenters. The summed E-state index contributed by atoms with van der Waals surface area (Å²) in [5, 5.41) is 0. The summed E-state index contributed by atoms with van der Waals surface area (Å²) in [6, 6.07) is 3.33. The minimum Gasteiger partial charge on any atom is -0.211 e. The highest BCUT2D eigenvalue weighted by Crippen LogP contribution is 2.22. The summed E-state index contributed by atoms with van der Waals surface area (Å²) in [6.07, 6.45) is 2.07. The van der Waals surface area contributed by atoms with E-state index < -0.39 is 0 Å². The largest absolute Gasteiger partial charge is 0.235 e. The van der Waals surface area contributed by atoms with Crippen LogP contribution in [0.5, 0.6) is 0 Å². The van der Waals surface area contributed by atoms with Crippen molar-refractivity contribution in [1.29, 1.82) is 0 Å². The van der Waals surface area contributed by atoms with Crippen LogP contribution in [0.4, 0.5) is 4.39 Å². The van der Waals surface area contributed by atoms with Crippen molar-refractivity contribution in [3.05, 3.63) is 33.5 Å². The molecule has 4 heteroatoms. The number of hydrogen-bond acceptors (Lipinski definition) is 2. The second-order valence-electron chi connectivity index (χ2n) is 2.81. The van der Waals surface area contributed by atoms with E-state index in [2.05, 4.69) is 20.9 Å². The summed E-state index contributed by atoms with van der Waals surface area (Å²) >= 11 is 3.11. The van der Waals surface area contributed by atoms with Crippen molar-refractivity contribution < 1.29 is 9.18 Å². The lowest BCUT2D eigenvalue weighted by Crippen LogP contribution is -1.93. The highest BCUT2D eigenvalue weighted by molar-refractivity contribution is 9.10. The van der Waals surface area contributed by atoms with Crippen molar-refractivity contribution in [2.24, 2.45) is 4.99 Å². The maximum Gasteiger partial charge on any atom is 0.235 e. The van der Waals surface area contributed by atoms with Crippen LogP contribution in [0.2, 0.25) is 0 Å². The van der Waals surface area contributed by atoms with Crippen LogP contribution >= 0.6 is 15.9 Å². The zero-order valence-electron chi connectivity index (χ0n) is 7.68. The first-order valence-electron chi connectivity index (χ1n) is 4.19. The summed E-state index contributed by atoms with van der Waals surface area (Å²) in [5.74, 6) is -0.244. The molecule has 1 rings (SSSR count). The van der Waals surface area contributed by atoms with E-state index in [9.17, 15) is 9.18 Å². The van der Waals surface area contributed by atoms with Gasteiger partial charge in [0, 0.05) is 0 Å². The molecule has 0 amide bonds. The van der Waals surface area contributed by atoms with Gasteiger partial charge in [-0.3, -0.25) is 0 Å². The fourth-order valence-electron chi connectivity index (χ4n) is 1.18. The monoisotopic (exact) mass is 257 g/mol. The molecule has 2 nitrogen and oxygen atoms in total. The lowest BCUT2D eigenvalue weighted by Gasteiger charge is -2.04. The minimum atomic E-state index is -0.244. The predicted octanol–water partition coefficient (Wildman–Crippen LogP) is 2.99. The van der Waals surface area contributed by atoms with E-state index in [1.54, 1.807) is 12.1 Å². The molecule has 0 atom stereocenters. The second-order valence-corrected chi connectivity index (χ2v) is 3.67. The van der Waals surface area contributed by atoms with Crippen LogP contribution in [-0.4, -0.2) is 6.08 Å². The number of rotatable bonds is 3. The van der Waals surface area contributed by atoms with Crippen LogP contribution in [0.15, 0.2) is 21.6 Å². The molecule has 0 aliphatic rings.